The summed E-state index contributed by atoms with van der Waals surface area (Å²) >= 11 is 0. The molecule has 0 aliphatic carbocycles. The normalized spacial score (nSPS) is 18.5. The van der Waals surface area contributed by atoms with E-state index in [1.54, 1.807) is 12.1 Å². The van der Waals surface area contributed by atoms with Crippen LogP contribution in [-0.2, 0) is 10.2 Å². The van der Waals surface area contributed by atoms with E-state index in [0.717, 1.165) is 18.5 Å². The van der Waals surface area contributed by atoms with Crippen molar-refractivity contribution in [2.75, 3.05) is 26.8 Å². The lowest BCUT2D eigenvalue weighted by Crippen LogP contribution is -2.48. The van der Waals surface area contributed by atoms with Gasteiger partial charge >= 0.3 is 0 Å². The minimum atomic E-state index is -0.164. The van der Waals surface area contributed by atoms with Crippen LogP contribution >= 0.6 is 0 Å². The van der Waals surface area contributed by atoms with E-state index in [4.69, 9.17) is 4.74 Å². The molecular weight excluding hydrogens is 193 g/mol. The number of ether oxygens (including phenoxy) is 1. The second-order valence-corrected chi connectivity index (χ2v) is 4.14. The van der Waals surface area contributed by atoms with Gasteiger partial charge in [-0.1, -0.05) is 12.1 Å². The maximum Gasteiger partial charge on any atom is 0.123 e. The zero-order chi connectivity index (χ0) is 10.7. The molecule has 0 unspecified atom stereocenters. The highest BCUT2D eigenvalue weighted by atomic mass is 19.1. The lowest BCUT2D eigenvalue weighted by molar-refractivity contribution is -0.0639. The summed E-state index contributed by atoms with van der Waals surface area (Å²) in [6.45, 7) is 2.34. The fraction of sp³-hybridized carbons (Fsp3) is 0.500. The highest BCUT2D eigenvalue weighted by Gasteiger charge is 2.39. The van der Waals surface area contributed by atoms with Crippen LogP contribution < -0.4 is 5.32 Å². The molecule has 1 aliphatic rings. The molecule has 15 heavy (non-hydrogen) atoms. The fourth-order valence-electron chi connectivity index (χ4n) is 1.99. The number of hydrogen-bond acceptors (Lipinski definition) is 2. The van der Waals surface area contributed by atoms with Crippen molar-refractivity contribution >= 4 is 0 Å². The third kappa shape index (κ3) is 2.03. The molecule has 1 heterocycles. The molecule has 0 spiro atoms. The molecule has 0 amide bonds. The molecule has 2 rings (SSSR count). The van der Waals surface area contributed by atoms with Crippen molar-refractivity contribution in [3.63, 3.8) is 0 Å². The molecule has 1 saturated heterocycles. The predicted molar refractivity (Wildman–Crippen MR) is 57.4 cm³/mol. The number of halogens is 1. The van der Waals surface area contributed by atoms with E-state index in [-0.39, 0.29) is 11.2 Å². The van der Waals surface area contributed by atoms with Crippen LogP contribution in [0.2, 0.25) is 0 Å². The van der Waals surface area contributed by atoms with Gasteiger partial charge < -0.3 is 10.1 Å². The zero-order valence-corrected chi connectivity index (χ0v) is 8.92. The van der Waals surface area contributed by atoms with Gasteiger partial charge in [0.25, 0.3) is 0 Å². The van der Waals surface area contributed by atoms with Crippen molar-refractivity contribution in [3.05, 3.63) is 35.6 Å². The standard InChI is InChI=1S/C12H16FNO/c1-14-6-5-12(8-15-9-12)10-3-2-4-11(13)7-10/h2-4,7,14H,5-6,8-9H2,1H3. The summed E-state index contributed by atoms with van der Waals surface area (Å²) in [4.78, 5) is 0. The van der Waals surface area contributed by atoms with Gasteiger partial charge in [0.2, 0.25) is 0 Å². The quantitative estimate of drug-likeness (QED) is 0.815. The Kier molecular flexibility index (Phi) is 3.03. The summed E-state index contributed by atoms with van der Waals surface area (Å²) in [6, 6.07) is 6.86. The smallest absolute Gasteiger partial charge is 0.123 e. The first-order valence-corrected chi connectivity index (χ1v) is 5.25. The van der Waals surface area contributed by atoms with Crippen molar-refractivity contribution in [1.82, 2.24) is 5.32 Å². The van der Waals surface area contributed by atoms with Crippen molar-refractivity contribution in [3.8, 4) is 0 Å². The van der Waals surface area contributed by atoms with E-state index >= 15 is 0 Å². The van der Waals surface area contributed by atoms with Gasteiger partial charge in [-0.15, -0.1) is 0 Å². The summed E-state index contributed by atoms with van der Waals surface area (Å²) in [5.74, 6) is -0.164. The maximum atomic E-state index is 13.1. The topological polar surface area (TPSA) is 21.3 Å². The Morgan fingerprint density at radius 3 is 2.80 bits per heavy atom. The molecule has 82 valence electrons. The predicted octanol–water partition coefficient (Wildman–Crippen LogP) is 1.70. The largest absolute Gasteiger partial charge is 0.379 e. The number of rotatable bonds is 4. The van der Waals surface area contributed by atoms with Crippen LogP contribution in [0.25, 0.3) is 0 Å². The van der Waals surface area contributed by atoms with Gasteiger partial charge in [0.05, 0.1) is 13.2 Å². The highest BCUT2D eigenvalue weighted by molar-refractivity contribution is 5.28. The molecule has 1 aromatic carbocycles. The van der Waals surface area contributed by atoms with Crippen molar-refractivity contribution in [2.24, 2.45) is 0 Å². The third-order valence-electron chi connectivity index (χ3n) is 3.05. The maximum absolute atomic E-state index is 13.1. The molecular formula is C12H16FNO. The number of hydrogen-bond donors (Lipinski definition) is 1. The summed E-state index contributed by atoms with van der Waals surface area (Å²) in [6.07, 6.45) is 0.993. The Bertz CT molecular complexity index is 336. The fourth-order valence-corrected chi connectivity index (χ4v) is 1.99. The zero-order valence-electron chi connectivity index (χ0n) is 8.92. The van der Waals surface area contributed by atoms with Gasteiger partial charge in [0.1, 0.15) is 5.82 Å². The molecule has 0 atom stereocenters. The van der Waals surface area contributed by atoms with Crippen LogP contribution in [-0.4, -0.2) is 26.8 Å². The summed E-state index contributed by atoms with van der Waals surface area (Å²) in [7, 11) is 1.93. The van der Waals surface area contributed by atoms with Crippen molar-refractivity contribution in [1.29, 1.82) is 0 Å². The van der Waals surface area contributed by atoms with Crippen molar-refractivity contribution < 1.29 is 9.13 Å². The van der Waals surface area contributed by atoms with Crippen LogP contribution in [0.4, 0.5) is 4.39 Å². The van der Waals surface area contributed by atoms with Crippen LogP contribution in [0.1, 0.15) is 12.0 Å². The average Bonchev–Trinajstić information content (AvgIpc) is 2.16. The molecule has 0 aromatic heterocycles. The molecule has 2 nitrogen and oxygen atoms in total. The number of nitrogens with one attached hydrogen (secondary N) is 1. The molecule has 1 N–H and O–H groups in total. The molecule has 1 aliphatic heterocycles. The summed E-state index contributed by atoms with van der Waals surface area (Å²) in [5.41, 5.74) is 1.09. The molecule has 0 bridgehead atoms. The monoisotopic (exact) mass is 209 g/mol. The number of benzene rings is 1. The minimum absolute atomic E-state index is 0.0328. The lowest BCUT2D eigenvalue weighted by Gasteiger charge is -2.42. The summed E-state index contributed by atoms with van der Waals surface area (Å²) in [5, 5.41) is 3.13. The van der Waals surface area contributed by atoms with Crippen LogP contribution in [0, 0.1) is 5.82 Å². The van der Waals surface area contributed by atoms with E-state index in [9.17, 15) is 4.39 Å². The van der Waals surface area contributed by atoms with Gasteiger partial charge in [0.15, 0.2) is 0 Å². The Hall–Kier alpha value is -0.930. The van der Waals surface area contributed by atoms with Gasteiger partial charge in [0, 0.05) is 5.41 Å². The second-order valence-electron chi connectivity index (χ2n) is 4.14. The van der Waals surface area contributed by atoms with Crippen LogP contribution in [0.3, 0.4) is 0 Å². The van der Waals surface area contributed by atoms with E-state index in [1.807, 2.05) is 13.1 Å². The Balaban J connectivity index is 2.18. The molecule has 0 saturated carbocycles. The van der Waals surface area contributed by atoms with Crippen LogP contribution in [0.5, 0.6) is 0 Å². The van der Waals surface area contributed by atoms with Gasteiger partial charge in [-0.25, -0.2) is 4.39 Å². The first-order valence-electron chi connectivity index (χ1n) is 5.25. The van der Waals surface area contributed by atoms with Crippen molar-refractivity contribution in [2.45, 2.75) is 11.8 Å². The lowest BCUT2D eigenvalue weighted by atomic mass is 9.76. The van der Waals surface area contributed by atoms with Crippen LogP contribution in [0.15, 0.2) is 24.3 Å². The van der Waals surface area contributed by atoms with Gasteiger partial charge in [-0.2, -0.15) is 0 Å². The molecule has 3 heteroatoms. The Labute approximate surface area is 89.4 Å². The second kappa shape index (κ2) is 4.29. The Morgan fingerprint density at radius 1 is 1.47 bits per heavy atom. The molecule has 1 aromatic rings. The Morgan fingerprint density at radius 2 is 2.27 bits per heavy atom. The summed E-state index contributed by atoms with van der Waals surface area (Å²) < 4.78 is 18.4. The van der Waals surface area contributed by atoms with E-state index in [1.165, 1.54) is 6.07 Å². The SMILES string of the molecule is CNCCC1(c2cccc(F)c2)COC1. The minimum Gasteiger partial charge on any atom is -0.379 e. The molecule has 0 radical (unpaired) electrons. The van der Waals surface area contributed by atoms with Gasteiger partial charge in [-0.3, -0.25) is 0 Å². The third-order valence-corrected chi connectivity index (χ3v) is 3.05. The van der Waals surface area contributed by atoms with Gasteiger partial charge in [-0.05, 0) is 37.7 Å². The highest BCUT2D eigenvalue weighted by Crippen LogP contribution is 2.35. The van der Waals surface area contributed by atoms with E-state index in [2.05, 4.69) is 5.32 Å². The average molecular weight is 209 g/mol. The van der Waals surface area contributed by atoms with E-state index < -0.39 is 0 Å². The molecule has 1 fully saturated rings. The first-order chi connectivity index (χ1) is 7.27. The first kappa shape index (κ1) is 10.6. The van der Waals surface area contributed by atoms with E-state index in [0.29, 0.717) is 13.2 Å².